The van der Waals surface area contributed by atoms with Crippen LogP contribution in [0.4, 0.5) is 11.4 Å². The van der Waals surface area contributed by atoms with Gasteiger partial charge in [-0.3, -0.25) is 14.4 Å². The highest BCUT2D eigenvalue weighted by Crippen LogP contribution is 2.34. The second-order valence-electron chi connectivity index (χ2n) is 15.2. The number of methoxy groups -OCH3 is 2. The van der Waals surface area contributed by atoms with Crippen molar-refractivity contribution in [3.05, 3.63) is 132 Å². The minimum Gasteiger partial charge on any atom is -0.454 e. The number of ether oxygens (including phenoxy) is 3. The number of thioether (sulfide) groups is 2. The Morgan fingerprint density at radius 2 is 1.24 bits per heavy atom. The Bertz CT molecular complexity index is 2300. The number of aliphatic hydroxyl groups is 5. The number of amides is 3. The Kier molecular flexibility index (Phi) is 21.5. The number of fused-ring (bicyclic) bond motifs is 2. The summed E-state index contributed by atoms with van der Waals surface area (Å²) in [4.78, 5) is 53.9. The number of esters is 1. The first kappa shape index (κ1) is 54.5. The lowest BCUT2D eigenvalue weighted by atomic mass is 10.0. The van der Waals surface area contributed by atoms with Crippen LogP contribution >= 0.6 is 35.9 Å². The molecule has 7 rings (SSSR count). The van der Waals surface area contributed by atoms with Gasteiger partial charge < -0.3 is 60.6 Å². The number of carbonyl (C=O) groups excluding carboxylic acids is 4. The summed E-state index contributed by atoms with van der Waals surface area (Å²) >= 11 is 3.07. The molecular weight excluding hydrogens is 924 g/mol. The van der Waals surface area contributed by atoms with E-state index in [2.05, 4.69) is 5.32 Å². The van der Waals surface area contributed by atoms with E-state index in [0.29, 0.717) is 11.5 Å². The maximum atomic E-state index is 12.9. The highest BCUT2D eigenvalue weighted by atomic mass is 35.5. The SMILES string of the molecule is CN1C(=O)[C@@H](N)CSc2ccccc21.CO[C@@H](C(=O)N[C@H]1CSc2ccccc2N(C)C1=O)[C@H](O)[C@@H](O)[C@H](O)/C=C/c1ccccc1.CO[C@H]1C(=O)O[C@@H]([C@H](O)/C=C/c2ccccc2)[C@H]1O.Cl. The molecule has 0 saturated carbocycles. The van der Waals surface area contributed by atoms with Gasteiger partial charge in [-0.1, -0.05) is 109 Å². The van der Waals surface area contributed by atoms with Gasteiger partial charge in [0.15, 0.2) is 18.3 Å². The maximum absolute atomic E-state index is 12.9. The highest BCUT2D eigenvalue weighted by molar-refractivity contribution is 7.99. The molecule has 16 nitrogen and oxygen atoms in total. The summed E-state index contributed by atoms with van der Waals surface area (Å²) in [5, 5.41) is 53.5. The van der Waals surface area contributed by atoms with E-state index in [1.54, 1.807) is 42.9 Å². The topological polar surface area (TPSA) is 242 Å². The predicted octanol–water partition coefficient (Wildman–Crippen LogP) is 2.92. The first-order chi connectivity index (χ1) is 31.7. The molecule has 10 atom stereocenters. The normalized spacial score (nSPS) is 22.5. The number of nitrogens with one attached hydrogen (secondary N) is 1. The molecule has 0 aromatic heterocycles. The molecule has 1 saturated heterocycles. The Balaban J connectivity index is 0.000000242. The lowest BCUT2D eigenvalue weighted by Gasteiger charge is -2.28. The summed E-state index contributed by atoms with van der Waals surface area (Å²) in [6, 6.07) is 32.6. The van der Waals surface area contributed by atoms with E-state index in [4.69, 9.17) is 19.9 Å². The maximum Gasteiger partial charge on any atom is 0.338 e. The molecule has 0 bridgehead atoms. The van der Waals surface area contributed by atoms with Crippen LogP contribution in [0.25, 0.3) is 12.2 Å². The molecule has 0 aliphatic carbocycles. The van der Waals surface area contributed by atoms with Crippen LogP contribution < -0.4 is 20.9 Å². The summed E-state index contributed by atoms with van der Waals surface area (Å²) < 4.78 is 14.8. The molecule has 67 heavy (non-hydrogen) atoms. The van der Waals surface area contributed by atoms with Gasteiger partial charge in [-0.05, 0) is 35.4 Å². The third-order valence-corrected chi connectivity index (χ3v) is 13.0. The average molecular weight is 982 g/mol. The number of anilines is 2. The number of hydrogen-bond acceptors (Lipinski definition) is 15. The zero-order valence-corrected chi connectivity index (χ0v) is 39.6. The molecule has 3 aliphatic rings. The molecule has 19 heteroatoms. The standard InChI is InChI=1S/C24H28N2O6S.C14H16O5.C10H12N2OS.ClH/c1-26-17-10-6-7-11-19(17)33-14-16(24(26)31)25-23(30)22(32-2)21(29)20(28)18(27)13-12-15-8-4-3-5-9-15;1-18-13-11(16)12(19-14(13)17)10(15)8-7-9-5-3-2-4-6-9;1-12-8-4-2-3-5-9(8)14-6-7(11)10(12)13;/h3-13,16,18,20-22,27-29H,14H2,1-2H3,(H,25,30);2-8,10-13,15-16H,1H3;2-5,7H,6,11H2,1H3;1H/b13-12+;8-7+;;/t16-,18+,20-,21+,22+;10-,11-,12+,13-;7-;/m010./s1. The second-order valence-corrected chi connectivity index (χ2v) is 17.3. The van der Waals surface area contributed by atoms with Crippen LogP contribution in [0, 0.1) is 0 Å². The second kappa shape index (κ2) is 26.5. The van der Waals surface area contributed by atoms with Crippen molar-refractivity contribution in [2.45, 2.75) is 70.7 Å². The molecule has 8 N–H and O–H groups in total. The van der Waals surface area contributed by atoms with Crippen LogP contribution in [-0.4, -0.2) is 150 Å². The molecule has 0 unspecified atom stereocenters. The number of nitrogens with zero attached hydrogens (tertiary/aromatic N) is 2. The zero-order valence-electron chi connectivity index (χ0n) is 37.2. The van der Waals surface area contributed by atoms with Crippen molar-refractivity contribution < 1.29 is 58.9 Å². The van der Waals surface area contributed by atoms with Gasteiger partial charge >= 0.3 is 5.97 Å². The van der Waals surface area contributed by atoms with Crippen LogP contribution in [0.1, 0.15) is 11.1 Å². The van der Waals surface area contributed by atoms with E-state index in [-0.39, 0.29) is 24.2 Å². The molecule has 360 valence electrons. The lowest BCUT2D eigenvalue weighted by Crippen LogP contribution is -2.56. The molecule has 4 aromatic rings. The number of nitrogens with two attached hydrogens (primary N) is 1. The van der Waals surface area contributed by atoms with Gasteiger partial charge in [-0.2, -0.15) is 0 Å². The van der Waals surface area contributed by atoms with Crippen LogP contribution in [0.5, 0.6) is 0 Å². The van der Waals surface area contributed by atoms with Crippen molar-refractivity contribution in [1.82, 2.24) is 5.32 Å². The van der Waals surface area contributed by atoms with Gasteiger partial charge in [0.05, 0.1) is 17.4 Å². The van der Waals surface area contributed by atoms with Crippen LogP contribution in [-0.2, 0) is 33.4 Å². The van der Waals surface area contributed by atoms with Gasteiger partial charge in [0.25, 0.3) is 5.91 Å². The van der Waals surface area contributed by atoms with Crippen LogP contribution in [0.2, 0.25) is 0 Å². The minimum absolute atomic E-state index is 0. The fourth-order valence-corrected chi connectivity index (χ4v) is 9.06. The summed E-state index contributed by atoms with van der Waals surface area (Å²) in [5.41, 5.74) is 9.14. The first-order valence-corrected chi connectivity index (χ1v) is 22.8. The van der Waals surface area contributed by atoms with Gasteiger partial charge in [-0.15, -0.1) is 35.9 Å². The van der Waals surface area contributed by atoms with Crippen molar-refractivity contribution in [3.8, 4) is 0 Å². The van der Waals surface area contributed by atoms with E-state index in [1.807, 2.05) is 109 Å². The average Bonchev–Trinajstić information content (AvgIpc) is 3.51. The number of rotatable bonds is 12. The summed E-state index contributed by atoms with van der Waals surface area (Å²) in [5.74, 6) is -0.795. The Morgan fingerprint density at radius 3 is 1.76 bits per heavy atom. The van der Waals surface area contributed by atoms with E-state index < -0.39 is 72.8 Å². The molecule has 1 fully saturated rings. The Morgan fingerprint density at radius 1 is 0.746 bits per heavy atom. The minimum atomic E-state index is -1.73. The number of hydrogen-bond donors (Lipinski definition) is 7. The number of aliphatic hydroxyl groups excluding tert-OH is 5. The van der Waals surface area contributed by atoms with Crippen molar-refractivity contribution in [2.24, 2.45) is 5.73 Å². The summed E-state index contributed by atoms with van der Waals surface area (Å²) in [7, 11) is 5.92. The van der Waals surface area contributed by atoms with Crippen molar-refractivity contribution >= 4 is 83.1 Å². The number of para-hydroxylation sites is 2. The quantitative estimate of drug-likeness (QED) is 0.101. The van der Waals surface area contributed by atoms with Gasteiger partial charge in [-0.25, -0.2) is 4.79 Å². The van der Waals surface area contributed by atoms with Crippen molar-refractivity contribution in [3.63, 3.8) is 0 Å². The van der Waals surface area contributed by atoms with Crippen LogP contribution in [0.15, 0.2) is 131 Å². The van der Waals surface area contributed by atoms with E-state index in [1.165, 1.54) is 43.0 Å². The monoisotopic (exact) mass is 980 g/mol. The molecule has 3 amide bonds. The smallest absolute Gasteiger partial charge is 0.338 e. The number of likely N-dealkylation sites (N-methyl/N-ethyl adjacent to an activating group) is 2. The summed E-state index contributed by atoms with van der Waals surface area (Å²) in [6.07, 6.45) is -4.55. The third kappa shape index (κ3) is 14.5. The Labute approximate surface area is 404 Å². The number of carbonyl (C=O) groups is 4. The molecule has 3 heterocycles. The zero-order chi connectivity index (χ0) is 47.9. The third-order valence-electron chi connectivity index (χ3n) is 10.7. The predicted molar refractivity (Wildman–Crippen MR) is 261 cm³/mol. The van der Waals surface area contributed by atoms with Crippen molar-refractivity contribution in [1.29, 1.82) is 0 Å². The molecule has 4 aromatic carbocycles. The Hall–Kier alpha value is -5.09. The highest BCUT2D eigenvalue weighted by Gasteiger charge is 2.47. The summed E-state index contributed by atoms with van der Waals surface area (Å²) in [6.45, 7) is 0. The lowest BCUT2D eigenvalue weighted by molar-refractivity contribution is -0.151. The van der Waals surface area contributed by atoms with Gasteiger partial charge in [0.1, 0.15) is 36.6 Å². The molecule has 0 spiro atoms. The molecule has 0 radical (unpaired) electrons. The largest absolute Gasteiger partial charge is 0.454 e. The van der Waals surface area contributed by atoms with E-state index in [9.17, 15) is 44.7 Å². The number of benzene rings is 4. The fraction of sp³-hybridized carbons (Fsp3) is 0.333. The molecular formula is C48H57ClN4O12S2. The van der Waals surface area contributed by atoms with Crippen LogP contribution in [0.3, 0.4) is 0 Å². The first-order valence-electron chi connectivity index (χ1n) is 20.8. The van der Waals surface area contributed by atoms with E-state index >= 15 is 0 Å². The fourth-order valence-electron chi connectivity index (χ4n) is 6.93. The number of cyclic esters (lactones) is 1. The number of halogens is 1. The van der Waals surface area contributed by atoms with E-state index in [0.717, 1.165) is 32.3 Å². The molecule has 3 aliphatic heterocycles. The van der Waals surface area contributed by atoms with Gasteiger partial charge in [0.2, 0.25) is 11.8 Å². The van der Waals surface area contributed by atoms with Crippen molar-refractivity contribution in [2.75, 3.05) is 49.6 Å². The van der Waals surface area contributed by atoms with Gasteiger partial charge in [0, 0.05) is 49.6 Å².